The molecular formula is C23H34O4. The first-order valence-corrected chi connectivity index (χ1v) is 9.80. The van der Waals surface area contributed by atoms with Gasteiger partial charge in [-0.15, -0.1) is 6.58 Å². The lowest BCUT2D eigenvalue weighted by Crippen LogP contribution is -2.43. The lowest BCUT2D eigenvalue weighted by atomic mass is 9.60. The summed E-state index contributed by atoms with van der Waals surface area (Å²) in [5.41, 5.74) is 2.03. The second-order valence-electron chi connectivity index (χ2n) is 8.57. The molecular weight excluding hydrogens is 340 g/mol. The highest BCUT2D eigenvalue weighted by atomic mass is 16.7. The van der Waals surface area contributed by atoms with Crippen LogP contribution in [0.25, 0.3) is 0 Å². The van der Waals surface area contributed by atoms with Crippen molar-refractivity contribution in [2.45, 2.75) is 65.9 Å². The van der Waals surface area contributed by atoms with Gasteiger partial charge in [0.1, 0.15) is 12.6 Å². The van der Waals surface area contributed by atoms with Gasteiger partial charge in [-0.2, -0.15) is 0 Å². The van der Waals surface area contributed by atoms with Crippen LogP contribution in [0.5, 0.6) is 0 Å². The van der Waals surface area contributed by atoms with Crippen molar-refractivity contribution in [3.05, 3.63) is 36.0 Å². The lowest BCUT2D eigenvalue weighted by molar-refractivity contribution is -0.125. The molecule has 0 spiro atoms. The maximum atomic E-state index is 12.8. The Kier molecular flexibility index (Phi) is 6.64. The number of ketones is 2. The van der Waals surface area contributed by atoms with Crippen molar-refractivity contribution in [2.75, 3.05) is 13.9 Å². The monoisotopic (exact) mass is 374 g/mol. The number of carbonyl (C=O) groups is 2. The first kappa shape index (κ1) is 21.8. The number of Topliss-reactive ketones (excluding diaryl/α,β-unsaturated/α-hetero) is 2. The van der Waals surface area contributed by atoms with Crippen molar-refractivity contribution in [2.24, 2.45) is 16.7 Å². The topological polar surface area (TPSA) is 52.6 Å². The minimum atomic E-state index is -0.607. The van der Waals surface area contributed by atoms with E-state index < -0.39 is 11.5 Å². The molecule has 1 fully saturated rings. The summed E-state index contributed by atoms with van der Waals surface area (Å²) >= 11 is 0. The van der Waals surface area contributed by atoms with Crippen LogP contribution in [0.1, 0.15) is 59.8 Å². The highest BCUT2D eigenvalue weighted by Gasteiger charge is 2.53. The summed E-state index contributed by atoms with van der Waals surface area (Å²) in [6.07, 6.45) is 4.89. The Morgan fingerprint density at radius 3 is 2.67 bits per heavy atom. The van der Waals surface area contributed by atoms with Gasteiger partial charge in [0, 0.05) is 36.4 Å². The molecule has 4 atom stereocenters. The number of hydrogen-bond acceptors (Lipinski definition) is 4. The molecule has 0 bridgehead atoms. The van der Waals surface area contributed by atoms with Crippen LogP contribution in [0.2, 0.25) is 0 Å². The van der Waals surface area contributed by atoms with Crippen molar-refractivity contribution in [1.82, 2.24) is 0 Å². The first-order chi connectivity index (χ1) is 12.6. The maximum Gasteiger partial charge on any atom is 0.159 e. The molecule has 0 aromatic heterocycles. The molecule has 1 saturated carbocycles. The third-order valence-corrected chi connectivity index (χ3v) is 6.65. The van der Waals surface area contributed by atoms with Gasteiger partial charge >= 0.3 is 0 Å². The van der Waals surface area contributed by atoms with Gasteiger partial charge in [-0.05, 0) is 44.6 Å². The second-order valence-corrected chi connectivity index (χ2v) is 8.57. The summed E-state index contributed by atoms with van der Waals surface area (Å²) in [5, 5.41) is 0. The molecule has 0 saturated heterocycles. The van der Waals surface area contributed by atoms with E-state index >= 15 is 0 Å². The average molecular weight is 375 g/mol. The van der Waals surface area contributed by atoms with Gasteiger partial charge in [0.25, 0.3) is 0 Å². The molecule has 4 nitrogen and oxygen atoms in total. The fraction of sp³-hybridized carbons (Fsp3) is 0.652. The number of rotatable bonds is 9. The molecule has 0 unspecified atom stereocenters. The van der Waals surface area contributed by atoms with Crippen LogP contribution < -0.4 is 0 Å². The van der Waals surface area contributed by atoms with E-state index in [9.17, 15) is 9.59 Å². The quantitative estimate of drug-likeness (QED) is 0.430. The molecule has 2 rings (SSSR count). The number of hydrogen-bond donors (Lipinski definition) is 0. The van der Waals surface area contributed by atoms with Gasteiger partial charge in [0.05, 0.1) is 6.10 Å². The minimum Gasteiger partial charge on any atom is -0.359 e. The van der Waals surface area contributed by atoms with E-state index in [1.165, 1.54) is 5.57 Å². The smallest absolute Gasteiger partial charge is 0.159 e. The van der Waals surface area contributed by atoms with Crippen LogP contribution in [0, 0.1) is 16.7 Å². The summed E-state index contributed by atoms with van der Waals surface area (Å²) in [6, 6.07) is 0. The second kappa shape index (κ2) is 8.24. The molecule has 0 aliphatic heterocycles. The molecule has 150 valence electrons. The third kappa shape index (κ3) is 3.88. The lowest BCUT2D eigenvalue weighted by Gasteiger charge is -2.46. The molecule has 2 aliphatic rings. The normalized spacial score (nSPS) is 28.5. The van der Waals surface area contributed by atoms with Crippen LogP contribution in [0.4, 0.5) is 0 Å². The van der Waals surface area contributed by atoms with E-state index in [-0.39, 0.29) is 23.8 Å². The van der Waals surface area contributed by atoms with Crippen LogP contribution in [0.3, 0.4) is 0 Å². The predicted octanol–water partition coefficient (Wildman–Crippen LogP) is 4.80. The van der Waals surface area contributed by atoms with Crippen LogP contribution >= 0.6 is 0 Å². The molecule has 27 heavy (non-hydrogen) atoms. The van der Waals surface area contributed by atoms with E-state index in [1.807, 2.05) is 6.92 Å². The standard InChI is InChI=1S/C23H34O4/c1-8-22(6,13-16(3)24)21(27-14-26-7)18(5)23-11-9-15(2)17(4)20(23)19(25)10-12-23/h8,15,21H,1,5,9-14H2,2-4,6-7H3/t15-,21+,22+,23+/m1/s1. The zero-order chi connectivity index (χ0) is 20.4. The molecule has 0 aromatic rings. The fourth-order valence-electron chi connectivity index (χ4n) is 4.98. The molecule has 0 aromatic carbocycles. The van der Waals surface area contributed by atoms with Gasteiger partial charge in [0.2, 0.25) is 0 Å². The van der Waals surface area contributed by atoms with Crippen LogP contribution in [-0.4, -0.2) is 31.6 Å². The minimum absolute atomic E-state index is 0.0698. The highest BCUT2D eigenvalue weighted by molar-refractivity contribution is 6.01. The van der Waals surface area contributed by atoms with Crippen molar-refractivity contribution < 1.29 is 19.1 Å². The maximum absolute atomic E-state index is 12.8. The van der Waals surface area contributed by atoms with Gasteiger partial charge in [-0.3, -0.25) is 9.59 Å². The summed E-state index contributed by atoms with van der Waals surface area (Å²) in [5.74, 6) is 0.710. The Morgan fingerprint density at radius 1 is 1.44 bits per heavy atom. The predicted molar refractivity (Wildman–Crippen MR) is 107 cm³/mol. The number of ether oxygens (including phenoxy) is 2. The molecule has 0 heterocycles. The Hall–Kier alpha value is -1.52. The summed E-state index contributed by atoms with van der Waals surface area (Å²) < 4.78 is 11.2. The zero-order valence-corrected chi connectivity index (χ0v) is 17.5. The fourth-order valence-corrected chi connectivity index (χ4v) is 4.98. The Labute approximate surface area is 163 Å². The van der Waals surface area contributed by atoms with Crippen LogP contribution in [0.15, 0.2) is 36.0 Å². The molecule has 0 radical (unpaired) electrons. The molecule has 2 aliphatic carbocycles. The summed E-state index contributed by atoms with van der Waals surface area (Å²) in [7, 11) is 1.57. The van der Waals surface area contributed by atoms with Gasteiger partial charge in [0.15, 0.2) is 5.78 Å². The zero-order valence-electron chi connectivity index (χ0n) is 17.5. The number of carbonyl (C=O) groups excluding carboxylic acids is 2. The van der Waals surface area contributed by atoms with Crippen molar-refractivity contribution in [3.8, 4) is 0 Å². The molecule has 0 amide bonds. The SMILES string of the molecule is C=C[C@@](C)(CC(C)=O)[C@@H](OCOC)C(=C)[C@]12CCC(=O)C1=C(C)[C@H](C)CC2. The number of fused-ring (bicyclic) bond motifs is 1. The summed E-state index contributed by atoms with van der Waals surface area (Å²) in [4.78, 5) is 24.7. The number of methoxy groups -OCH3 is 1. The first-order valence-electron chi connectivity index (χ1n) is 9.80. The Morgan fingerprint density at radius 2 is 2.11 bits per heavy atom. The van der Waals surface area contributed by atoms with Crippen molar-refractivity contribution in [3.63, 3.8) is 0 Å². The third-order valence-electron chi connectivity index (χ3n) is 6.65. The molecule has 4 heteroatoms. The Balaban J connectivity index is 2.53. The van der Waals surface area contributed by atoms with Crippen molar-refractivity contribution >= 4 is 11.6 Å². The van der Waals surface area contributed by atoms with Crippen LogP contribution in [-0.2, 0) is 19.1 Å². The largest absolute Gasteiger partial charge is 0.359 e. The summed E-state index contributed by atoms with van der Waals surface area (Å²) in [6.45, 7) is 16.3. The van der Waals surface area contributed by atoms with E-state index in [2.05, 4.69) is 27.0 Å². The van der Waals surface area contributed by atoms with Gasteiger partial charge in [-0.1, -0.05) is 32.1 Å². The number of allylic oxidation sites excluding steroid dienone is 2. The van der Waals surface area contributed by atoms with E-state index in [0.29, 0.717) is 18.8 Å². The Bertz CT molecular complexity index is 674. The van der Waals surface area contributed by atoms with E-state index in [1.54, 1.807) is 20.1 Å². The van der Waals surface area contributed by atoms with Gasteiger partial charge in [-0.25, -0.2) is 0 Å². The van der Waals surface area contributed by atoms with Crippen molar-refractivity contribution in [1.29, 1.82) is 0 Å². The van der Waals surface area contributed by atoms with E-state index in [0.717, 1.165) is 30.4 Å². The highest BCUT2D eigenvalue weighted by Crippen LogP contribution is 2.57. The van der Waals surface area contributed by atoms with Gasteiger partial charge < -0.3 is 9.47 Å². The molecule has 0 N–H and O–H groups in total. The van der Waals surface area contributed by atoms with E-state index in [4.69, 9.17) is 9.47 Å². The average Bonchev–Trinajstić information content (AvgIpc) is 2.96.